The Morgan fingerprint density at radius 3 is 1.89 bits per heavy atom. The van der Waals surface area contributed by atoms with Crippen LogP contribution in [0.15, 0.2) is 0 Å². The molecule has 1 rings (SSSR count). The van der Waals surface area contributed by atoms with E-state index in [1.807, 2.05) is 0 Å². The predicted molar refractivity (Wildman–Crippen MR) is 66.9 cm³/mol. The van der Waals surface area contributed by atoms with Crippen LogP contribution >= 0.6 is 0 Å². The van der Waals surface area contributed by atoms with Crippen LogP contribution in [0.5, 0.6) is 0 Å². The number of hydrogen-bond donors (Lipinski definition) is 0. The quantitative estimate of drug-likeness (QED) is 0.734. The van der Waals surface area contributed by atoms with Crippen LogP contribution < -0.4 is 0 Å². The maximum Gasteiger partial charge on any atom is 0.508 e. The van der Waals surface area contributed by atoms with Gasteiger partial charge in [-0.2, -0.15) is 0 Å². The fourth-order valence-electron chi connectivity index (χ4n) is 1.91. The molecule has 0 heterocycles. The van der Waals surface area contributed by atoms with Crippen molar-refractivity contribution in [3.05, 3.63) is 0 Å². The highest BCUT2D eigenvalue weighted by molar-refractivity contribution is 5.60. The molecule has 0 spiro atoms. The Hall–Kier alpha value is -1.46. The summed E-state index contributed by atoms with van der Waals surface area (Å²) in [5, 5.41) is 0. The molecule has 1 aliphatic carbocycles. The van der Waals surface area contributed by atoms with E-state index in [2.05, 4.69) is 0 Å². The van der Waals surface area contributed by atoms with E-state index in [0.717, 1.165) is 0 Å². The largest absolute Gasteiger partial charge is 0.508 e. The third-order valence-corrected chi connectivity index (χ3v) is 2.74. The smallest absolute Gasteiger partial charge is 0.435 e. The summed E-state index contributed by atoms with van der Waals surface area (Å²) >= 11 is 0. The second kappa shape index (κ2) is 7.86. The molecule has 1 fully saturated rings. The van der Waals surface area contributed by atoms with Gasteiger partial charge in [-0.05, 0) is 46.5 Å². The summed E-state index contributed by atoms with van der Waals surface area (Å²) in [6.07, 6.45) is 0.894. The number of carbonyl (C=O) groups is 2. The van der Waals surface area contributed by atoms with Gasteiger partial charge in [0.25, 0.3) is 0 Å². The standard InChI is InChI=1S/C13H22O6/c1-4-16-12(14)18-10-5-7-11(8-6-10)19-13(15)17-9(2)3/h9-11H,4-8H2,1-3H3. The molecule has 1 saturated carbocycles. The maximum absolute atomic E-state index is 11.3. The average Bonchev–Trinajstić information content (AvgIpc) is 2.31. The van der Waals surface area contributed by atoms with Gasteiger partial charge in [0.2, 0.25) is 0 Å². The lowest BCUT2D eigenvalue weighted by Gasteiger charge is -2.27. The predicted octanol–water partition coefficient (Wildman–Crippen LogP) is 3.03. The molecular formula is C13H22O6. The number of hydrogen-bond acceptors (Lipinski definition) is 6. The fourth-order valence-corrected chi connectivity index (χ4v) is 1.91. The molecule has 110 valence electrons. The van der Waals surface area contributed by atoms with Gasteiger partial charge >= 0.3 is 12.3 Å². The van der Waals surface area contributed by atoms with Gasteiger partial charge < -0.3 is 18.9 Å². The fraction of sp³-hybridized carbons (Fsp3) is 0.846. The minimum Gasteiger partial charge on any atom is -0.435 e. The molecule has 6 heteroatoms. The van der Waals surface area contributed by atoms with Crippen LogP contribution in [0.1, 0.15) is 46.5 Å². The average molecular weight is 274 g/mol. The van der Waals surface area contributed by atoms with E-state index in [1.54, 1.807) is 20.8 Å². The van der Waals surface area contributed by atoms with E-state index >= 15 is 0 Å². The van der Waals surface area contributed by atoms with Gasteiger partial charge in [-0.15, -0.1) is 0 Å². The minimum atomic E-state index is -0.634. The molecule has 0 amide bonds. The summed E-state index contributed by atoms with van der Waals surface area (Å²) in [6.45, 7) is 5.57. The van der Waals surface area contributed by atoms with Crippen molar-refractivity contribution in [2.45, 2.75) is 64.8 Å². The Morgan fingerprint density at radius 2 is 1.47 bits per heavy atom. The highest BCUT2D eigenvalue weighted by Gasteiger charge is 2.27. The molecule has 0 N–H and O–H groups in total. The molecule has 0 atom stereocenters. The Kier molecular flexibility index (Phi) is 6.45. The van der Waals surface area contributed by atoms with Crippen LogP contribution in [-0.4, -0.2) is 37.2 Å². The second-order valence-electron chi connectivity index (χ2n) is 4.73. The summed E-state index contributed by atoms with van der Waals surface area (Å²) in [6, 6.07) is 0. The third kappa shape index (κ3) is 6.31. The lowest BCUT2D eigenvalue weighted by Crippen LogP contribution is -2.30. The lowest BCUT2D eigenvalue weighted by atomic mass is 9.95. The molecule has 0 bridgehead atoms. The van der Waals surface area contributed by atoms with E-state index in [9.17, 15) is 9.59 Å². The van der Waals surface area contributed by atoms with Crippen LogP contribution in [0.2, 0.25) is 0 Å². The Labute approximate surface area is 113 Å². The highest BCUT2D eigenvalue weighted by Crippen LogP contribution is 2.24. The van der Waals surface area contributed by atoms with Crippen molar-refractivity contribution < 1.29 is 28.5 Å². The highest BCUT2D eigenvalue weighted by atomic mass is 16.7. The van der Waals surface area contributed by atoms with Gasteiger partial charge in [-0.25, -0.2) is 9.59 Å². The normalized spacial score (nSPS) is 22.7. The Bertz CT molecular complexity index is 294. The summed E-state index contributed by atoms with van der Waals surface area (Å²) in [5.41, 5.74) is 0. The van der Waals surface area contributed by atoms with Crippen molar-refractivity contribution in [3.8, 4) is 0 Å². The lowest BCUT2D eigenvalue weighted by molar-refractivity contribution is -0.0318. The second-order valence-corrected chi connectivity index (χ2v) is 4.73. The van der Waals surface area contributed by atoms with Crippen molar-refractivity contribution in [1.82, 2.24) is 0 Å². The van der Waals surface area contributed by atoms with Gasteiger partial charge in [0.15, 0.2) is 0 Å². The number of rotatable bonds is 4. The first-order chi connectivity index (χ1) is 9.01. The summed E-state index contributed by atoms with van der Waals surface area (Å²) in [4.78, 5) is 22.5. The van der Waals surface area contributed by atoms with E-state index in [1.165, 1.54) is 0 Å². The molecule has 0 saturated heterocycles. The molecule has 19 heavy (non-hydrogen) atoms. The van der Waals surface area contributed by atoms with Crippen molar-refractivity contribution >= 4 is 12.3 Å². The first kappa shape index (κ1) is 15.6. The van der Waals surface area contributed by atoms with Gasteiger partial charge in [-0.3, -0.25) is 0 Å². The minimum absolute atomic E-state index is 0.153. The van der Waals surface area contributed by atoms with Gasteiger partial charge in [0, 0.05) is 0 Å². The molecular weight excluding hydrogens is 252 g/mol. The Morgan fingerprint density at radius 1 is 1.00 bits per heavy atom. The van der Waals surface area contributed by atoms with Crippen LogP contribution in [0.25, 0.3) is 0 Å². The molecule has 6 nitrogen and oxygen atoms in total. The molecule has 0 aromatic heterocycles. The van der Waals surface area contributed by atoms with Crippen molar-refractivity contribution in [3.63, 3.8) is 0 Å². The summed E-state index contributed by atoms with van der Waals surface area (Å²) in [5.74, 6) is 0. The zero-order valence-electron chi connectivity index (χ0n) is 11.7. The van der Waals surface area contributed by atoms with E-state index in [4.69, 9.17) is 18.9 Å². The van der Waals surface area contributed by atoms with Crippen LogP contribution in [-0.2, 0) is 18.9 Å². The Balaban J connectivity index is 2.21. The van der Waals surface area contributed by atoms with Crippen LogP contribution in [0.3, 0.4) is 0 Å². The van der Waals surface area contributed by atoms with Gasteiger partial charge in [0.1, 0.15) is 12.2 Å². The molecule has 0 unspecified atom stereocenters. The number of ether oxygens (including phenoxy) is 4. The third-order valence-electron chi connectivity index (χ3n) is 2.74. The zero-order chi connectivity index (χ0) is 14.3. The zero-order valence-corrected chi connectivity index (χ0v) is 11.7. The molecule has 0 radical (unpaired) electrons. The molecule has 0 aliphatic heterocycles. The SMILES string of the molecule is CCOC(=O)OC1CCC(OC(=O)OC(C)C)CC1. The van der Waals surface area contributed by atoms with Gasteiger partial charge in [0.05, 0.1) is 12.7 Å². The topological polar surface area (TPSA) is 71.1 Å². The first-order valence-corrected chi connectivity index (χ1v) is 6.72. The maximum atomic E-state index is 11.3. The van der Waals surface area contributed by atoms with E-state index in [0.29, 0.717) is 32.3 Å². The molecule has 0 aromatic carbocycles. The van der Waals surface area contributed by atoms with Crippen LogP contribution in [0.4, 0.5) is 9.59 Å². The molecule has 1 aliphatic rings. The monoisotopic (exact) mass is 274 g/mol. The first-order valence-electron chi connectivity index (χ1n) is 6.72. The van der Waals surface area contributed by atoms with E-state index < -0.39 is 12.3 Å². The summed E-state index contributed by atoms with van der Waals surface area (Å²) in [7, 11) is 0. The van der Waals surface area contributed by atoms with Crippen molar-refractivity contribution in [1.29, 1.82) is 0 Å². The van der Waals surface area contributed by atoms with Gasteiger partial charge in [-0.1, -0.05) is 0 Å². The van der Waals surface area contributed by atoms with Crippen molar-refractivity contribution in [2.24, 2.45) is 0 Å². The number of carbonyl (C=O) groups excluding carboxylic acids is 2. The van der Waals surface area contributed by atoms with Crippen molar-refractivity contribution in [2.75, 3.05) is 6.61 Å². The summed E-state index contributed by atoms with van der Waals surface area (Å²) < 4.78 is 19.9. The van der Waals surface area contributed by atoms with E-state index in [-0.39, 0.29) is 18.3 Å². The van der Waals surface area contributed by atoms with Crippen LogP contribution in [0, 0.1) is 0 Å². The molecule has 0 aromatic rings.